The van der Waals surface area contributed by atoms with Crippen molar-refractivity contribution < 1.29 is 12.6 Å². The van der Waals surface area contributed by atoms with E-state index >= 15 is 0 Å². The molecule has 35 heavy (non-hydrogen) atoms. The Labute approximate surface area is 212 Å². The van der Waals surface area contributed by atoms with Crippen LogP contribution in [0.5, 0.6) is 5.75 Å². The van der Waals surface area contributed by atoms with Crippen LogP contribution in [0.15, 0.2) is 79.3 Å². The van der Waals surface area contributed by atoms with Gasteiger partial charge in [0, 0.05) is 47.3 Å². The summed E-state index contributed by atoms with van der Waals surface area (Å²) < 4.78 is 16.7. The number of carbonyl (C=O) groups is 1. The molecule has 0 aliphatic heterocycles. The van der Waals surface area contributed by atoms with E-state index in [4.69, 9.17) is 4.74 Å². The second-order valence-electron chi connectivity index (χ2n) is 7.31. The standard InChI is InChI=1S/C24H20IN6O4/c1-16-7-8-18(28-23(32)15-35-20-6-2-5-19(13-20)31(34)25-33)12-22(16)30-24-27-11-9-21(29-24)17-4-3-10-26-14-17/h2-14H,15H2,1H3,(H,28,32)(H,27,29,30)/q-1. The van der Waals surface area contributed by atoms with Crippen LogP contribution in [-0.2, 0) is 7.86 Å². The number of anilines is 4. The maximum atomic E-state index is 12.4. The number of pyridine rings is 1. The number of aromatic nitrogens is 3. The van der Waals surface area contributed by atoms with Gasteiger partial charge < -0.3 is 23.9 Å². The Bertz CT molecular complexity index is 1340. The van der Waals surface area contributed by atoms with E-state index in [9.17, 15) is 13.1 Å². The van der Waals surface area contributed by atoms with Crippen molar-refractivity contribution in [1.82, 2.24) is 15.0 Å². The Hall–Kier alpha value is -3.97. The van der Waals surface area contributed by atoms with Crippen molar-refractivity contribution in [2.75, 3.05) is 20.5 Å². The molecule has 2 aromatic carbocycles. The average molecular weight is 583 g/mol. The molecule has 178 valence electrons. The molecule has 0 saturated carbocycles. The molecular formula is C24H20IN6O4-. The van der Waals surface area contributed by atoms with Crippen LogP contribution < -0.4 is 18.6 Å². The van der Waals surface area contributed by atoms with Crippen LogP contribution in [0.3, 0.4) is 0 Å². The van der Waals surface area contributed by atoms with Gasteiger partial charge in [-0.2, -0.15) is 0 Å². The number of benzene rings is 2. The van der Waals surface area contributed by atoms with Crippen molar-refractivity contribution in [2.24, 2.45) is 0 Å². The molecule has 2 N–H and O–H groups in total. The molecular weight excluding hydrogens is 563 g/mol. The van der Waals surface area contributed by atoms with Gasteiger partial charge in [0.1, 0.15) is 5.75 Å². The highest BCUT2D eigenvalue weighted by molar-refractivity contribution is 14.1. The van der Waals surface area contributed by atoms with Crippen molar-refractivity contribution in [3.05, 3.63) is 90.0 Å². The minimum absolute atomic E-state index is 0.217. The number of aryl methyl sites for hydroxylation is 1. The van der Waals surface area contributed by atoms with Crippen LogP contribution in [0.25, 0.3) is 11.3 Å². The summed E-state index contributed by atoms with van der Waals surface area (Å²) in [6, 6.07) is 17.1. The normalized spacial score (nSPS) is 10.5. The zero-order valence-electron chi connectivity index (χ0n) is 18.5. The minimum Gasteiger partial charge on any atom is -0.748 e. The molecule has 0 spiro atoms. The van der Waals surface area contributed by atoms with Crippen LogP contribution in [0, 0.1) is 12.1 Å². The summed E-state index contributed by atoms with van der Waals surface area (Å²) in [5.41, 5.74) is 4.06. The summed E-state index contributed by atoms with van der Waals surface area (Å²) in [5, 5.41) is 17.5. The zero-order chi connectivity index (χ0) is 24.6. The Morgan fingerprint density at radius 3 is 2.80 bits per heavy atom. The summed E-state index contributed by atoms with van der Waals surface area (Å²) in [6.45, 7) is 1.67. The van der Waals surface area contributed by atoms with Gasteiger partial charge in [0.05, 0.1) is 5.69 Å². The number of nitrogens with zero attached hydrogens (tertiary/aromatic N) is 4. The van der Waals surface area contributed by atoms with Crippen LogP contribution in [0.4, 0.5) is 23.0 Å². The first kappa shape index (κ1) is 24.2. The second kappa shape index (κ2) is 11.4. The molecule has 0 fully saturated rings. The van der Waals surface area contributed by atoms with Crippen molar-refractivity contribution in [3.8, 4) is 17.0 Å². The number of halogens is 1. The topological polar surface area (TPSA) is 132 Å². The summed E-state index contributed by atoms with van der Waals surface area (Å²) in [5.74, 6) is 0.359. The summed E-state index contributed by atoms with van der Waals surface area (Å²) in [7, 11) is 0. The van der Waals surface area contributed by atoms with Gasteiger partial charge in [-0.25, -0.2) is 13.0 Å². The van der Waals surface area contributed by atoms with Gasteiger partial charge in [0.15, 0.2) is 6.61 Å². The van der Waals surface area contributed by atoms with E-state index < -0.39 is 21.5 Å². The van der Waals surface area contributed by atoms with E-state index in [1.807, 2.05) is 25.1 Å². The lowest BCUT2D eigenvalue weighted by molar-refractivity contribution is -0.118. The lowest BCUT2D eigenvalue weighted by atomic mass is 10.1. The molecule has 11 heteroatoms. The predicted octanol–water partition coefficient (Wildman–Crippen LogP) is 5.14. The number of hydrogen-bond acceptors (Lipinski definition) is 8. The maximum Gasteiger partial charge on any atom is 0.262 e. The molecule has 0 aliphatic carbocycles. The Morgan fingerprint density at radius 1 is 1.11 bits per heavy atom. The summed E-state index contributed by atoms with van der Waals surface area (Å²) in [6.07, 6.45) is 5.09. The SMILES string of the molecule is Cc1ccc(NC(=O)COc2cccc(N([O-])I=O)c2)cc1Nc1nccc(-c2cccnc2)n1. The van der Waals surface area contributed by atoms with Gasteiger partial charge in [0.2, 0.25) is 5.95 Å². The van der Waals surface area contributed by atoms with Gasteiger partial charge in [-0.05, 0) is 55.0 Å². The molecule has 4 rings (SSSR count). The molecule has 4 aromatic rings. The Morgan fingerprint density at radius 2 is 2.00 bits per heavy atom. The third kappa shape index (κ3) is 6.55. The first-order chi connectivity index (χ1) is 17.0. The van der Waals surface area contributed by atoms with Gasteiger partial charge in [-0.3, -0.25) is 9.78 Å². The van der Waals surface area contributed by atoms with Crippen molar-refractivity contribution in [3.63, 3.8) is 0 Å². The lowest BCUT2D eigenvalue weighted by Crippen LogP contribution is -2.20. The smallest absolute Gasteiger partial charge is 0.262 e. The van der Waals surface area contributed by atoms with Crippen molar-refractivity contribution in [2.45, 2.75) is 6.92 Å². The first-order valence-corrected chi connectivity index (χ1v) is 12.2. The molecule has 1 amide bonds. The fraction of sp³-hybridized carbons (Fsp3) is 0.0833. The van der Waals surface area contributed by atoms with E-state index in [0.29, 0.717) is 20.7 Å². The van der Waals surface area contributed by atoms with Gasteiger partial charge in [-0.1, -0.05) is 12.1 Å². The number of amides is 1. The Kier molecular flexibility index (Phi) is 7.90. The third-order valence-electron chi connectivity index (χ3n) is 4.83. The summed E-state index contributed by atoms with van der Waals surface area (Å²) in [4.78, 5) is 25.4. The highest BCUT2D eigenvalue weighted by Crippen LogP contribution is 2.26. The van der Waals surface area contributed by atoms with E-state index in [2.05, 4.69) is 25.6 Å². The molecule has 0 aliphatic rings. The van der Waals surface area contributed by atoms with Crippen LogP contribution >= 0.6 is 21.5 Å². The van der Waals surface area contributed by atoms with Gasteiger partial charge >= 0.3 is 0 Å². The monoisotopic (exact) mass is 583 g/mol. The number of rotatable bonds is 9. The molecule has 10 nitrogen and oxygen atoms in total. The van der Waals surface area contributed by atoms with E-state index in [1.54, 1.807) is 48.9 Å². The number of nitrogens with one attached hydrogen (secondary N) is 2. The molecule has 0 atom stereocenters. The average Bonchev–Trinajstić information content (AvgIpc) is 2.90. The fourth-order valence-electron chi connectivity index (χ4n) is 3.12. The molecule has 2 heterocycles. The van der Waals surface area contributed by atoms with Gasteiger partial charge in [-0.15, -0.1) is 0 Å². The largest absolute Gasteiger partial charge is 0.748 e. The first-order valence-electron chi connectivity index (χ1n) is 10.4. The highest BCUT2D eigenvalue weighted by Gasteiger charge is 2.09. The minimum atomic E-state index is -1.87. The van der Waals surface area contributed by atoms with E-state index in [0.717, 1.165) is 22.5 Å². The lowest BCUT2D eigenvalue weighted by Gasteiger charge is -2.21. The molecule has 0 saturated heterocycles. The molecule has 2 aromatic heterocycles. The van der Waals surface area contributed by atoms with Crippen LogP contribution in [0.2, 0.25) is 0 Å². The Balaban J connectivity index is 1.41. The van der Waals surface area contributed by atoms with Crippen molar-refractivity contribution in [1.29, 1.82) is 0 Å². The zero-order valence-corrected chi connectivity index (χ0v) is 20.7. The third-order valence-corrected chi connectivity index (χ3v) is 5.75. The molecule has 0 bridgehead atoms. The van der Waals surface area contributed by atoms with Crippen LogP contribution in [0.1, 0.15) is 5.56 Å². The fourth-order valence-corrected chi connectivity index (χ4v) is 3.64. The quantitative estimate of drug-likeness (QED) is 0.156. The van der Waals surface area contributed by atoms with E-state index in [-0.39, 0.29) is 18.2 Å². The predicted molar refractivity (Wildman–Crippen MR) is 141 cm³/mol. The number of carbonyl (C=O) groups excluding carboxylic acids is 1. The molecule has 0 radical (unpaired) electrons. The van der Waals surface area contributed by atoms with Crippen LogP contribution in [-0.4, -0.2) is 27.5 Å². The second-order valence-corrected chi connectivity index (χ2v) is 8.58. The highest BCUT2D eigenvalue weighted by atomic mass is 127. The van der Waals surface area contributed by atoms with Gasteiger partial charge in [0.25, 0.3) is 27.4 Å². The number of ether oxygens (including phenoxy) is 1. The molecule has 0 unspecified atom stereocenters. The summed E-state index contributed by atoms with van der Waals surface area (Å²) >= 11 is -1.87. The van der Waals surface area contributed by atoms with E-state index in [1.165, 1.54) is 12.1 Å². The van der Waals surface area contributed by atoms with Crippen molar-refractivity contribution >= 4 is 50.4 Å². The number of hydrogen-bond donors (Lipinski definition) is 2. The maximum absolute atomic E-state index is 12.4.